The first-order chi connectivity index (χ1) is 10.2. The third kappa shape index (κ3) is 3.73. The monoisotopic (exact) mass is 283 g/mol. The van der Waals surface area contributed by atoms with Gasteiger partial charge in [-0.3, -0.25) is 4.90 Å². The molecule has 4 nitrogen and oxygen atoms in total. The number of anilines is 1. The molecule has 1 aliphatic carbocycles. The van der Waals surface area contributed by atoms with E-state index in [1.54, 1.807) is 7.11 Å². The van der Waals surface area contributed by atoms with Crippen LogP contribution in [0.15, 0.2) is 42.5 Å². The van der Waals surface area contributed by atoms with Crippen LogP contribution in [-0.2, 0) is 13.1 Å². The largest absolute Gasteiger partial charge is 0.481 e. The smallest absolute Gasteiger partial charge is 0.213 e. The first-order valence-corrected chi connectivity index (χ1v) is 7.33. The second kappa shape index (κ2) is 6.14. The van der Waals surface area contributed by atoms with Gasteiger partial charge in [0, 0.05) is 30.9 Å². The molecule has 4 heteroatoms. The number of methoxy groups -OCH3 is 1. The molecule has 1 aliphatic rings. The average Bonchev–Trinajstić information content (AvgIpc) is 3.31. The van der Waals surface area contributed by atoms with E-state index in [0.29, 0.717) is 11.9 Å². The van der Waals surface area contributed by atoms with Crippen LogP contribution in [0.2, 0.25) is 0 Å². The van der Waals surface area contributed by atoms with E-state index in [0.717, 1.165) is 24.5 Å². The molecule has 1 aromatic carbocycles. The molecular formula is C17H21N3O. The van der Waals surface area contributed by atoms with Crippen LogP contribution in [0.4, 0.5) is 5.69 Å². The van der Waals surface area contributed by atoms with Gasteiger partial charge in [-0.15, -0.1) is 0 Å². The Bertz CT molecular complexity index is 610. The fourth-order valence-corrected chi connectivity index (χ4v) is 2.55. The molecule has 0 spiro atoms. The Balaban J connectivity index is 1.72. The minimum Gasteiger partial charge on any atom is -0.481 e. The molecule has 0 atom stereocenters. The molecule has 1 heterocycles. The minimum absolute atomic E-state index is 0.666. The molecule has 0 unspecified atom stereocenters. The summed E-state index contributed by atoms with van der Waals surface area (Å²) in [4.78, 5) is 6.98. The first kappa shape index (κ1) is 13.9. The Hall–Kier alpha value is -2.07. The summed E-state index contributed by atoms with van der Waals surface area (Å²) in [6, 6.07) is 14.7. The molecule has 110 valence electrons. The molecule has 1 saturated carbocycles. The fraction of sp³-hybridized carbons (Fsp3) is 0.353. The molecule has 0 aliphatic heterocycles. The Labute approximate surface area is 125 Å². The molecule has 2 aromatic rings. The number of nitrogens with zero attached hydrogens (tertiary/aromatic N) is 2. The standard InChI is InChI=1S/C17H21N3O/c1-21-17-7-3-6-15(19-17)12-20(16-8-9-16)11-13-4-2-5-14(18)10-13/h2-7,10,16H,8-9,11-12,18H2,1H3. The lowest BCUT2D eigenvalue weighted by molar-refractivity contribution is 0.241. The maximum atomic E-state index is 5.87. The summed E-state index contributed by atoms with van der Waals surface area (Å²) in [5.74, 6) is 0.673. The highest BCUT2D eigenvalue weighted by Gasteiger charge is 2.29. The molecule has 3 rings (SSSR count). The zero-order chi connectivity index (χ0) is 14.7. The summed E-state index contributed by atoms with van der Waals surface area (Å²) in [6.07, 6.45) is 2.54. The minimum atomic E-state index is 0.666. The predicted octanol–water partition coefficient (Wildman–Crippen LogP) is 2.84. The van der Waals surface area contributed by atoms with E-state index in [2.05, 4.69) is 22.0 Å². The molecule has 0 saturated heterocycles. The lowest BCUT2D eigenvalue weighted by Crippen LogP contribution is -2.25. The van der Waals surface area contributed by atoms with Gasteiger partial charge < -0.3 is 10.5 Å². The molecule has 1 aromatic heterocycles. The van der Waals surface area contributed by atoms with Crippen LogP contribution in [-0.4, -0.2) is 23.0 Å². The van der Waals surface area contributed by atoms with Gasteiger partial charge in [0.2, 0.25) is 5.88 Å². The second-order valence-electron chi connectivity index (χ2n) is 5.55. The van der Waals surface area contributed by atoms with Gasteiger partial charge in [-0.2, -0.15) is 0 Å². The normalized spacial score (nSPS) is 14.4. The summed E-state index contributed by atoms with van der Waals surface area (Å²) in [5, 5.41) is 0. The highest BCUT2D eigenvalue weighted by atomic mass is 16.5. The van der Waals surface area contributed by atoms with E-state index in [4.69, 9.17) is 10.5 Å². The Morgan fingerprint density at radius 3 is 2.71 bits per heavy atom. The van der Waals surface area contributed by atoms with Crippen LogP contribution in [0.1, 0.15) is 24.1 Å². The highest BCUT2D eigenvalue weighted by molar-refractivity contribution is 5.40. The van der Waals surface area contributed by atoms with Crippen LogP contribution in [0.25, 0.3) is 0 Å². The van der Waals surface area contributed by atoms with Crippen molar-refractivity contribution in [2.45, 2.75) is 32.0 Å². The third-order valence-corrected chi connectivity index (χ3v) is 3.76. The molecule has 0 bridgehead atoms. The Morgan fingerprint density at radius 2 is 2.00 bits per heavy atom. The second-order valence-corrected chi connectivity index (χ2v) is 5.55. The van der Waals surface area contributed by atoms with Crippen molar-refractivity contribution >= 4 is 5.69 Å². The van der Waals surface area contributed by atoms with Gasteiger partial charge in [-0.1, -0.05) is 18.2 Å². The lowest BCUT2D eigenvalue weighted by atomic mass is 10.2. The van der Waals surface area contributed by atoms with Crippen molar-refractivity contribution in [1.82, 2.24) is 9.88 Å². The number of aromatic nitrogens is 1. The third-order valence-electron chi connectivity index (χ3n) is 3.76. The van der Waals surface area contributed by atoms with Crippen molar-refractivity contribution < 1.29 is 4.74 Å². The van der Waals surface area contributed by atoms with Crippen molar-refractivity contribution in [3.63, 3.8) is 0 Å². The maximum Gasteiger partial charge on any atom is 0.213 e. The Kier molecular flexibility index (Phi) is 4.06. The molecule has 2 N–H and O–H groups in total. The maximum absolute atomic E-state index is 5.87. The molecule has 1 fully saturated rings. The van der Waals surface area contributed by atoms with Crippen molar-refractivity contribution in [3.8, 4) is 5.88 Å². The Morgan fingerprint density at radius 1 is 1.19 bits per heavy atom. The summed E-state index contributed by atoms with van der Waals surface area (Å²) < 4.78 is 5.20. The molecular weight excluding hydrogens is 262 g/mol. The van der Waals surface area contributed by atoms with Crippen LogP contribution >= 0.6 is 0 Å². The van der Waals surface area contributed by atoms with Gasteiger partial charge in [0.1, 0.15) is 0 Å². The predicted molar refractivity (Wildman–Crippen MR) is 83.9 cm³/mol. The van der Waals surface area contributed by atoms with Crippen molar-refractivity contribution in [1.29, 1.82) is 0 Å². The summed E-state index contributed by atoms with van der Waals surface area (Å²) in [6.45, 7) is 1.76. The van der Waals surface area contributed by atoms with E-state index in [-0.39, 0.29) is 0 Å². The summed E-state index contributed by atoms with van der Waals surface area (Å²) >= 11 is 0. The number of benzene rings is 1. The summed E-state index contributed by atoms with van der Waals surface area (Å²) in [5.41, 5.74) is 8.99. The van der Waals surface area contributed by atoms with E-state index in [9.17, 15) is 0 Å². The highest BCUT2D eigenvalue weighted by Crippen LogP contribution is 2.30. The summed E-state index contributed by atoms with van der Waals surface area (Å²) in [7, 11) is 1.65. The van der Waals surface area contributed by atoms with Gasteiger partial charge in [-0.25, -0.2) is 4.98 Å². The van der Waals surface area contributed by atoms with Gasteiger partial charge in [0.25, 0.3) is 0 Å². The average molecular weight is 283 g/mol. The van der Waals surface area contributed by atoms with Gasteiger partial charge in [-0.05, 0) is 36.6 Å². The SMILES string of the molecule is COc1cccc(CN(Cc2cccc(N)c2)C2CC2)n1. The van der Waals surface area contributed by atoms with Crippen molar-refractivity contribution in [2.24, 2.45) is 0 Å². The van der Waals surface area contributed by atoms with Gasteiger partial charge >= 0.3 is 0 Å². The number of hydrogen-bond donors (Lipinski definition) is 1. The van der Waals surface area contributed by atoms with Gasteiger partial charge in [0.15, 0.2) is 0 Å². The van der Waals surface area contributed by atoms with Crippen LogP contribution < -0.4 is 10.5 Å². The van der Waals surface area contributed by atoms with E-state index in [1.807, 2.05) is 30.3 Å². The fourth-order valence-electron chi connectivity index (χ4n) is 2.55. The molecule has 0 radical (unpaired) electrons. The number of nitrogen functional groups attached to an aromatic ring is 1. The molecule has 0 amide bonds. The van der Waals surface area contributed by atoms with E-state index >= 15 is 0 Å². The quantitative estimate of drug-likeness (QED) is 0.828. The number of pyridine rings is 1. The lowest BCUT2D eigenvalue weighted by Gasteiger charge is -2.22. The number of nitrogens with two attached hydrogens (primary N) is 1. The van der Waals surface area contributed by atoms with Crippen LogP contribution in [0.5, 0.6) is 5.88 Å². The number of ether oxygens (including phenoxy) is 1. The van der Waals surface area contributed by atoms with Gasteiger partial charge in [0.05, 0.1) is 12.8 Å². The first-order valence-electron chi connectivity index (χ1n) is 7.33. The van der Waals surface area contributed by atoms with Crippen molar-refractivity contribution in [3.05, 3.63) is 53.7 Å². The zero-order valence-electron chi connectivity index (χ0n) is 12.3. The number of rotatable bonds is 6. The van der Waals surface area contributed by atoms with Crippen LogP contribution in [0, 0.1) is 0 Å². The van der Waals surface area contributed by atoms with Crippen LogP contribution in [0.3, 0.4) is 0 Å². The van der Waals surface area contributed by atoms with E-state index < -0.39 is 0 Å². The van der Waals surface area contributed by atoms with Crippen molar-refractivity contribution in [2.75, 3.05) is 12.8 Å². The zero-order valence-corrected chi connectivity index (χ0v) is 12.3. The van der Waals surface area contributed by atoms with E-state index in [1.165, 1.54) is 18.4 Å². The molecule has 21 heavy (non-hydrogen) atoms. The topological polar surface area (TPSA) is 51.4 Å². The number of hydrogen-bond acceptors (Lipinski definition) is 4.